The first kappa shape index (κ1) is 33.7. The zero-order valence-electron chi connectivity index (χ0n) is 27.0. The van der Waals surface area contributed by atoms with Crippen LogP contribution in [0.2, 0.25) is 0 Å². The van der Waals surface area contributed by atoms with E-state index in [2.05, 4.69) is 34.4 Å². The van der Waals surface area contributed by atoms with Crippen LogP contribution in [-0.2, 0) is 38.6 Å². The van der Waals surface area contributed by atoms with Crippen molar-refractivity contribution in [2.24, 2.45) is 0 Å². The molecule has 4 aromatic rings. The van der Waals surface area contributed by atoms with Crippen LogP contribution < -0.4 is 10.5 Å². The van der Waals surface area contributed by atoms with E-state index in [9.17, 15) is 9.59 Å². The lowest BCUT2D eigenvalue weighted by atomic mass is 10.1. The molecule has 0 aliphatic carbocycles. The van der Waals surface area contributed by atoms with Crippen molar-refractivity contribution in [2.45, 2.75) is 53.1 Å². The molecule has 2 aromatic heterocycles. The predicted octanol–water partition coefficient (Wildman–Crippen LogP) is 4.45. The molecule has 0 fully saturated rings. The van der Waals surface area contributed by atoms with Crippen LogP contribution >= 0.6 is 0 Å². The van der Waals surface area contributed by atoms with Crippen LogP contribution in [0.5, 0.6) is 5.75 Å². The molecule has 0 bridgehead atoms. The first-order valence-electron chi connectivity index (χ1n) is 15.8. The van der Waals surface area contributed by atoms with Gasteiger partial charge >= 0.3 is 5.97 Å². The number of aryl methyl sites for hydroxylation is 1. The molecule has 11 nitrogen and oxygen atoms in total. The molecule has 2 N–H and O–H groups in total. The molecule has 45 heavy (non-hydrogen) atoms. The van der Waals surface area contributed by atoms with Gasteiger partial charge in [-0.2, -0.15) is 0 Å². The molecule has 0 unspecified atom stereocenters. The molecule has 0 aliphatic heterocycles. The maximum atomic E-state index is 13.5. The highest BCUT2D eigenvalue weighted by Gasteiger charge is 2.19. The molecular weight excluding hydrogens is 572 g/mol. The van der Waals surface area contributed by atoms with Crippen molar-refractivity contribution in [3.63, 3.8) is 0 Å². The number of carbonyl (C=O) groups excluding carboxylic acids is 2. The summed E-state index contributed by atoms with van der Waals surface area (Å²) in [5, 5.41) is 1.01. The van der Waals surface area contributed by atoms with Crippen LogP contribution in [-0.4, -0.2) is 89.3 Å². The van der Waals surface area contributed by atoms with Crippen molar-refractivity contribution in [3.8, 4) is 5.75 Å². The van der Waals surface area contributed by atoms with Gasteiger partial charge in [0.15, 0.2) is 12.4 Å². The maximum absolute atomic E-state index is 13.5. The first-order valence-corrected chi connectivity index (χ1v) is 15.8. The largest absolute Gasteiger partial charge is 0.482 e. The summed E-state index contributed by atoms with van der Waals surface area (Å²) in [6, 6.07) is 15.5. The van der Waals surface area contributed by atoms with Crippen LogP contribution in [0, 0.1) is 0 Å². The van der Waals surface area contributed by atoms with Crippen LogP contribution in [0.25, 0.3) is 21.9 Å². The number of hydrogen-bond donors (Lipinski definition) is 1. The Morgan fingerprint density at radius 3 is 2.56 bits per heavy atom. The Bertz CT molecular complexity index is 1570. The quantitative estimate of drug-likeness (QED) is 0.127. The second kappa shape index (κ2) is 16.7. The van der Waals surface area contributed by atoms with E-state index in [0.29, 0.717) is 56.4 Å². The van der Waals surface area contributed by atoms with E-state index >= 15 is 0 Å². The van der Waals surface area contributed by atoms with E-state index in [1.165, 1.54) is 0 Å². The number of pyridine rings is 1. The Labute approximate surface area is 265 Å². The van der Waals surface area contributed by atoms with E-state index in [4.69, 9.17) is 24.9 Å². The van der Waals surface area contributed by atoms with Gasteiger partial charge in [0.1, 0.15) is 17.1 Å². The molecule has 2 heterocycles. The van der Waals surface area contributed by atoms with Gasteiger partial charge in [-0.25, -0.2) is 14.8 Å². The van der Waals surface area contributed by atoms with Crippen LogP contribution in [0.4, 0.5) is 5.82 Å². The minimum absolute atomic E-state index is 0.0789. The summed E-state index contributed by atoms with van der Waals surface area (Å²) in [5.74, 6) is 1.55. The summed E-state index contributed by atoms with van der Waals surface area (Å²) < 4.78 is 18.2. The number of esters is 1. The number of likely N-dealkylation sites (N-methyl/N-ethyl adjacent to an activating group) is 1. The molecule has 2 aromatic carbocycles. The molecule has 0 spiro atoms. The number of para-hydroxylation sites is 1. The molecule has 0 atom stereocenters. The summed E-state index contributed by atoms with van der Waals surface area (Å²) in [5.41, 5.74) is 9.82. The highest BCUT2D eigenvalue weighted by Crippen LogP contribution is 2.29. The Hall–Kier alpha value is -4.22. The number of benzene rings is 2. The van der Waals surface area contributed by atoms with Crippen LogP contribution in [0.15, 0.2) is 48.5 Å². The van der Waals surface area contributed by atoms with E-state index in [-0.39, 0.29) is 12.5 Å². The number of methoxy groups -OCH3 is 1. The van der Waals surface area contributed by atoms with E-state index in [1.807, 2.05) is 41.3 Å². The molecular formula is C34H46N6O5. The number of nitrogens with zero attached hydrogens (tertiary/aromatic N) is 5. The lowest BCUT2D eigenvalue weighted by molar-refractivity contribution is -0.145. The van der Waals surface area contributed by atoms with Gasteiger partial charge in [-0.3, -0.25) is 9.69 Å². The standard InChI is InChI=1S/C34H46N6O5/c1-5-38(6-2)23-30(41)39(22-25-13-12-14-26(21-25)45-24-31(42)44-7-3)18-10-11-19-40-29(17-20-43-4)37-32-33(40)27-15-8-9-16-28(27)36-34(32)35/h8-9,12-16,21H,5-7,10-11,17-20,22-24H2,1-4H3,(H2,35,36). The van der Waals surface area contributed by atoms with Gasteiger partial charge in [0.25, 0.3) is 0 Å². The molecule has 1 amide bonds. The number of hydrogen-bond acceptors (Lipinski definition) is 9. The van der Waals surface area contributed by atoms with Gasteiger partial charge in [0.05, 0.1) is 30.8 Å². The highest BCUT2D eigenvalue weighted by atomic mass is 16.6. The highest BCUT2D eigenvalue weighted by molar-refractivity contribution is 6.06. The van der Waals surface area contributed by atoms with Gasteiger partial charge in [0.2, 0.25) is 5.91 Å². The molecule has 0 aliphatic rings. The summed E-state index contributed by atoms with van der Waals surface area (Å²) >= 11 is 0. The monoisotopic (exact) mass is 618 g/mol. The van der Waals surface area contributed by atoms with Crippen molar-refractivity contribution in [1.29, 1.82) is 0 Å². The SMILES string of the molecule is CCOC(=O)COc1cccc(CN(CCCCn2c(CCOC)nc3c(N)nc4ccccc4c32)C(=O)CN(CC)CC)c1. The molecule has 0 radical (unpaired) electrons. The fourth-order valence-corrected chi connectivity index (χ4v) is 5.43. The van der Waals surface area contributed by atoms with Crippen molar-refractivity contribution < 1.29 is 23.8 Å². The Morgan fingerprint density at radius 2 is 1.80 bits per heavy atom. The normalized spacial score (nSPS) is 11.4. The van der Waals surface area contributed by atoms with Crippen LogP contribution in [0.1, 0.15) is 45.0 Å². The van der Waals surface area contributed by atoms with Crippen molar-refractivity contribution in [2.75, 3.05) is 58.8 Å². The molecule has 4 rings (SSSR count). The average molecular weight is 619 g/mol. The minimum Gasteiger partial charge on any atom is -0.482 e. The molecule has 11 heteroatoms. The number of nitrogen functional groups attached to an aromatic ring is 1. The third kappa shape index (κ3) is 8.92. The van der Waals surface area contributed by atoms with Gasteiger partial charge in [0, 0.05) is 38.6 Å². The van der Waals surface area contributed by atoms with Gasteiger partial charge in [-0.1, -0.05) is 44.2 Å². The number of rotatable bonds is 18. The third-order valence-corrected chi connectivity index (χ3v) is 7.82. The lowest BCUT2D eigenvalue weighted by Crippen LogP contribution is -2.40. The van der Waals surface area contributed by atoms with E-state index in [0.717, 1.165) is 60.3 Å². The zero-order valence-corrected chi connectivity index (χ0v) is 27.0. The summed E-state index contributed by atoms with van der Waals surface area (Å²) in [6.45, 7) is 10.3. The molecule has 242 valence electrons. The Kier molecular flexibility index (Phi) is 12.5. The Balaban J connectivity index is 1.50. The average Bonchev–Trinajstić information content (AvgIpc) is 3.42. The third-order valence-electron chi connectivity index (χ3n) is 7.82. The summed E-state index contributed by atoms with van der Waals surface area (Å²) in [7, 11) is 1.68. The van der Waals surface area contributed by atoms with Crippen molar-refractivity contribution in [3.05, 3.63) is 59.9 Å². The number of fused-ring (bicyclic) bond motifs is 3. The maximum Gasteiger partial charge on any atom is 0.344 e. The number of unbranched alkanes of at least 4 members (excludes halogenated alkanes) is 1. The van der Waals surface area contributed by atoms with Crippen molar-refractivity contribution >= 4 is 39.6 Å². The molecule has 0 saturated carbocycles. The first-order chi connectivity index (χ1) is 21.9. The van der Waals surface area contributed by atoms with Gasteiger partial charge in [-0.05, 0) is 56.6 Å². The zero-order chi connectivity index (χ0) is 32.2. The van der Waals surface area contributed by atoms with E-state index < -0.39 is 5.97 Å². The second-order valence-corrected chi connectivity index (χ2v) is 10.9. The number of ether oxygens (including phenoxy) is 3. The van der Waals surface area contributed by atoms with Crippen molar-refractivity contribution in [1.82, 2.24) is 24.3 Å². The lowest BCUT2D eigenvalue weighted by Gasteiger charge is -2.27. The van der Waals surface area contributed by atoms with Gasteiger partial charge in [-0.15, -0.1) is 0 Å². The van der Waals surface area contributed by atoms with Crippen LogP contribution in [0.3, 0.4) is 0 Å². The predicted molar refractivity (Wildman–Crippen MR) is 176 cm³/mol. The number of carbonyl (C=O) groups is 2. The smallest absolute Gasteiger partial charge is 0.344 e. The second-order valence-electron chi connectivity index (χ2n) is 10.9. The fraction of sp³-hybridized carbons (Fsp3) is 0.471. The number of aromatic nitrogens is 3. The number of nitrogens with two attached hydrogens (primary N) is 1. The number of amides is 1. The number of imidazole rings is 1. The fourth-order valence-electron chi connectivity index (χ4n) is 5.43. The summed E-state index contributed by atoms with van der Waals surface area (Å²) in [6.07, 6.45) is 2.28. The minimum atomic E-state index is -0.415. The topological polar surface area (TPSA) is 125 Å². The molecule has 0 saturated heterocycles. The Morgan fingerprint density at radius 1 is 1.00 bits per heavy atom. The van der Waals surface area contributed by atoms with E-state index in [1.54, 1.807) is 20.1 Å². The number of anilines is 1. The van der Waals surface area contributed by atoms with Gasteiger partial charge < -0.3 is 29.4 Å². The summed E-state index contributed by atoms with van der Waals surface area (Å²) in [4.78, 5) is 38.8.